The smallest absolute Gasteiger partial charge is 0.399 e. The minimum absolute atomic E-state index is 0.145. The molecular weight excluding hydrogens is 338 g/mol. The Morgan fingerprint density at radius 3 is 2.12 bits per heavy atom. The molecule has 0 atom stereocenters. The SMILES string of the molecule is Cc1nc(N2CC(O)(C(F)(F)F)C2)ncc1B1OC(C)(C)C(C)(C)O1. The van der Waals surface area contributed by atoms with Gasteiger partial charge in [-0.3, -0.25) is 0 Å². The molecule has 3 rings (SSSR count). The van der Waals surface area contributed by atoms with Crippen LogP contribution in [-0.2, 0) is 9.31 Å². The van der Waals surface area contributed by atoms with Crippen LogP contribution < -0.4 is 10.4 Å². The second-order valence-electron chi connectivity index (χ2n) is 7.68. The lowest BCUT2D eigenvalue weighted by atomic mass is 9.79. The van der Waals surface area contributed by atoms with Gasteiger partial charge in [0.2, 0.25) is 5.95 Å². The number of aryl methyl sites for hydroxylation is 1. The molecule has 2 saturated heterocycles. The standard InChI is InChI=1S/C15H21BF3N3O3/c1-9-10(16-24-12(2,3)13(4,5)25-16)6-20-11(21-9)22-7-14(23,8-22)15(17,18)19/h6,23H,7-8H2,1-5H3. The van der Waals surface area contributed by atoms with Gasteiger partial charge in [0.05, 0.1) is 24.3 Å². The Morgan fingerprint density at radius 2 is 1.68 bits per heavy atom. The summed E-state index contributed by atoms with van der Waals surface area (Å²) in [4.78, 5) is 9.67. The van der Waals surface area contributed by atoms with E-state index >= 15 is 0 Å². The minimum atomic E-state index is -4.67. The van der Waals surface area contributed by atoms with Crippen molar-refractivity contribution in [3.63, 3.8) is 0 Å². The summed E-state index contributed by atoms with van der Waals surface area (Å²) in [5, 5.41) is 9.53. The van der Waals surface area contributed by atoms with Crippen LogP contribution in [-0.4, -0.2) is 58.3 Å². The fourth-order valence-electron chi connectivity index (χ4n) is 2.72. The minimum Gasteiger partial charge on any atom is -0.399 e. The maximum absolute atomic E-state index is 12.7. The molecule has 1 aromatic heterocycles. The van der Waals surface area contributed by atoms with Crippen LogP contribution in [0.4, 0.5) is 19.1 Å². The van der Waals surface area contributed by atoms with E-state index in [0.29, 0.717) is 11.2 Å². The van der Waals surface area contributed by atoms with Crippen molar-refractivity contribution in [2.75, 3.05) is 18.0 Å². The molecule has 2 aliphatic heterocycles. The summed E-state index contributed by atoms with van der Waals surface area (Å²) >= 11 is 0. The van der Waals surface area contributed by atoms with Crippen LogP contribution in [0, 0.1) is 6.92 Å². The van der Waals surface area contributed by atoms with E-state index < -0.39 is 43.2 Å². The number of β-amino-alcohol motifs (C(OH)–C–C–N with tert-alkyl or cyclic N) is 1. The molecule has 2 aliphatic rings. The Bertz CT molecular complexity index is 674. The van der Waals surface area contributed by atoms with E-state index in [9.17, 15) is 18.3 Å². The predicted octanol–water partition coefficient (Wildman–Crippen LogP) is 1.20. The molecule has 1 N–H and O–H groups in total. The van der Waals surface area contributed by atoms with Crippen LogP contribution in [0.25, 0.3) is 0 Å². The number of alkyl halides is 3. The normalized spacial score (nSPS) is 24.4. The molecule has 0 unspecified atom stereocenters. The number of rotatable bonds is 2. The van der Waals surface area contributed by atoms with Crippen LogP contribution in [0.5, 0.6) is 0 Å². The highest BCUT2D eigenvalue weighted by molar-refractivity contribution is 6.62. The van der Waals surface area contributed by atoms with Gasteiger partial charge in [0.1, 0.15) is 0 Å². The van der Waals surface area contributed by atoms with Crippen LogP contribution in [0.1, 0.15) is 33.4 Å². The van der Waals surface area contributed by atoms with Gasteiger partial charge in [0.25, 0.3) is 0 Å². The number of hydrogen-bond donors (Lipinski definition) is 1. The van der Waals surface area contributed by atoms with E-state index in [2.05, 4.69) is 9.97 Å². The fourth-order valence-corrected chi connectivity index (χ4v) is 2.72. The molecule has 1 aromatic rings. The van der Waals surface area contributed by atoms with Gasteiger partial charge in [0, 0.05) is 17.4 Å². The van der Waals surface area contributed by atoms with Crippen molar-refractivity contribution in [2.24, 2.45) is 0 Å². The first kappa shape index (κ1) is 18.4. The third-order valence-electron chi connectivity index (χ3n) is 5.23. The highest BCUT2D eigenvalue weighted by Gasteiger charge is 2.61. The van der Waals surface area contributed by atoms with Gasteiger partial charge >= 0.3 is 13.3 Å². The maximum Gasteiger partial charge on any atom is 0.498 e. The van der Waals surface area contributed by atoms with E-state index in [-0.39, 0.29) is 5.95 Å². The average molecular weight is 359 g/mol. The van der Waals surface area contributed by atoms with Gasteiger partial charge in [-0.05, 0) is 34.6 Å². The third kappa shape index (κ3) is 2.90. The Labute approximate surface area is 144 Å². The lowest BCUT2D eigenvalue weighted by Gasteiger charge is -2.46. The van der Waals surface area contributed by atoms with Crippen molar-refractivity contribution in [1.29, 1.82) is 0 Å². The number of hydrogen-bond acceptors (Lipinski definition) is 6. The first-order valence-electron chi connectivity index (χ1n) is 7.99. The van der Waals surface area contributed by atoms with Crippen molar-refractivity contribution in [3.8, 4) is 0 Å². The van der Waals surface area contributed by atoms with Crippen LogP contribution in [0.3, 0.4) is 0 Å². The van der Waals surface area contributed by atoms with Crippen molar-refractivity contribution in [1.82, 2.24) is 9.97 Å². The molecule has 0 aliphatic carbocycles. The first-order chi connectivity index (χ1) is 11.3. The number of nitrogens with zero attached hydrogens (tertiary/aromatic N) is 3. The van der Waals surface area contributed by atoms with Crippen LogP contribution in [0.15, 0.2) is 6.20 Å². The van der Waals surface area contributed by atoms with Gasteiger partial charge in [-0.25, -0.2) is 9.97 Å². The van der Waals surface area contributed by atoms with Crippen LogP contribution >= 0.6 is 0 Å². The second kappa shape index (κ2) is 5.31. The van der Waals surface area contributed by atoms with Gasteiger partial charge in [0.15, 0.2) is 5.60 Å². The summed E-state index contributed by atoms with van der Waals surface area (Å²) in [5.74, 6) is 0.145. The zero-order chi connectivity index (χ0) is 18.8. The zero-order valence-corrected chi connectivity index (χ0v) is 14.8. The number of anilines is 1. The molecule has 2 fully saturated rings. The highest BCUT2D eigenvalue weighted by atomic mass is 19.4. The van der Waals surface area contributed by atoms with E-state index in [1.807, 2.05) is 27.7 Å². The molecule has 6 nitrogen and oxygen atoms in total. The molecule has 0 radical (unpaired) electrons. The molecule has 3 heterocycles. The van der Waals surface area contributed by atoms with E-state index in [0.717, 1.165) is 0 Å². The number of aliphatic hydroxyl groups is 1. The lowest BCUT2D eigenvalue weighted by Crippen LogP contribution is -2.69. The third-order valence-corrected chi connectivity index (χ3v) is 5.23. The average Bonchev–Trinajstić information content (AvgIpc) is 2.62. The maximum atomic E-state index is 12.7. The second-order valence-corrected chi connectivity index (χ2v) is 7.68. The number of halogens is 3. The zero-order valence-electron chi connectivity index (χ0n) is 14.8. The molecule has 10 heteroatoms. The summed E-state index contributed by atoms with van der Waals surface area (Å²) in [6.07, 6.45) is -3.16. The van der Waals surface area contributed by atoms with Crippen LogP contribution in [0.2, 0.25) is 0 Å². The summed E-state index contributed by atoms with van der Waals surface area (Å²) in [7, 11) is -0.637. The van der Waals surface area contributed by atoms with E-state index in [4.69, 9.17) is 9.31 Å². The molecule has 0 bridgehead atoms. The number of aromatic nitrogens is 2. The summed E-state index contributed by atoms with van der Waals surface area (Å²) in [6.45, 7) is 8.27. The monoisotopic (exact) mass is 359 g/mol. The van der Waals surface area contributed by atoms with Gasteiger partial charge in [-0.15, -0.1) is 0 Å². The summed E-state index contributed by atoms with van der Waals surface area (Å²) < 4.78 is 50.0. The molecule has 0 saturated carbocycles. The molecule has 0 aromatic carbocycles. The molecule has 0 amide bonds. The molecular formula is C15H21BF3N3O3. The Morgan fingerprint density at radius 1 is 1.16 bits per heavy atom. The summed E-state index contributed by atoms with van der Waals surface area (Å²) in [5.41, 5.74) is -2.53. The Kier molecular flexibility index (Phi) is 3.91. The van der Waals surface area contributed by atoms with E-state index in [1.54, 1.807) is 6.92 Å². The van der Waals surface area contributed by atoms with Crippen molar-refractivity contribution in [3.05, 3.63) is 11.9 Å². The van der Waals surface area contributed by atoms with Gasteiger partial charge < -0.3 is 19.3 Å². The Balaban J connectivity index is 1.76. The molecule has 0 spiro atoms. The molecule has 138 valence electrons. The summed E-state index contributed by atoms with van der Waals surface area (Å²) in [6, 6.07) is 0. The molecule has 25 heavy (non-hydrogen) atoms. The van der Waals surface area contributed by atoms with Crippen molar-refractivity contribution in [2.45, 2.75) is 57.6 Å². The lowest BCUT2D eigenvalue weighted by molar-refractivity contribution is -0.267. The fraction of sp³-hybridized carbons (Fsp3) is 0.733. The highest BCUT2D eigenvalue weighted by Crippen LogP contribution is 2.39. The predicted molar refractivity (Wildman–Crippen MR) is 85.7 cm³/mol. The van der Waals surface area contributed by atoms with Gasteiger partial charge in [-0.2, -0.15) is 13.2 Å². The Hall–Kier alpha value is -1.39. The van der Waals surface area contributed by atoms with Crippen molar-refractivity contribution < 1.29 is 27.6 Å². The van der Waals surface area contributed by atoms with Gasteiger partial charge in [-0.1, -0.05) is 0 Å². The van der Waals surface area contributed by atoms with Crippen molar-refractivity contribution >= 4 is 18.5 Å². The largest absolute Gasteiger partial charge is 0.498 e. The quantitative estimate of drug-likeness (QED) is 0.801. The topological polar surface area (TPSA) is 67.7 Å². The first-order valence-corrected chi connectivity index (χ1v) is 7.99. The van der Waals surface area contributed by atoms with E-state index in [1.165, 1.54) is 11.1 Å².